The van der Waals surface area contributed by atoms with E-state index in [9.17, 15) is 0 Å². The van der Waals surface area contributed by atoms with Gasteiger partial charge in [0.15, 0.2) is 0 Å². The Balaban J connectivity index is 2.02. The summed E-state index contributed by atoms with van der Waals surface area (Å²) < 4.78 is 6.00. The van der Waals surface area contributed by atoms with Gasteiger partial charge in [0.1, 0.15) is 11.1 Å². The Morgan fingerprint density at radius 3 is 2.68 bits per heavy atom. The first-order valence-electron chi connectivity index (χ1n) is 6.78. The summed E-state index contributed by atoms with van der Waals surface area (Å²) in [4.78, 5) is 4.64. The maximum absolute atomic E-state index is 6.00. The molecule has 19 heavy (non-hydrogen) atoms. The maximum Gasteiger partial charge on any atom is 0.213 e. The summed E-state index contributed by atoms with van der Waals surface area (Å²) in [6, 6.07) is 3.71. The first-order valence-corrected chi connectivity index (χ1v) is 7.19. The molecule has 2 unspecified atom stereocenters. The number of hydrogen-bond acceptors (Lipinski definition) is 3. The van der Waals surface area contributed by atoms with Gasteiger partial charge < -0.3 is 10.5 Å². The van der Waals surface area contributed by atoms with Crippen LogP contribution < -0.4 is 10.5 Å². The van der Waals surface area contributed by atoms with Crippen molar-refractivity contribution in [2.45, 2.75) is 46.1 Å². The number of thiocarbonyl (C=S) groups is 1. The van der Waals surface area contributed by atoms with Crippen molar-refractivity contribution >= 4 is 17.2 Å². The fraction of sp³-hybridized carbons (Fsp3) is 0.600. The van der Waals surface area contributed by atoms with Crippen molar-refractivity contribution in [3.05, 3.63) is 23.9 Å². The molecule has 104 valence electrons. The molecule has 1 heterocycles. The third kappa shape index (κ3) is 3.90. The highest BCUT2D eigenvalue weighted by Crippen LogP contribution is 2.39. The average Bonchev–Trinajstić information content (AvgIpc) is 2.26. The molecule has 0 aromatic carbocycles. The molecule has 4 heteroatoms. The second kappa shape index (κ2) is 5.45. The Kier molecular flexibility index (Phi) is 4.09. The van der Waals surface area contributed by atoms with Crippen LogP contribution in [0.4, 0.5) is 0 Å². The van der Waals surface area contributed by atoms with Crippen molar-refractivity contribution in [2.75, 3.05) is 0 Å². The minimum Gasteiger partial charge on any atom is -0.474 e. The molecule has 1 fully saturated rings. The van der Waals surface area contributed by atoms with Crippen LogP contribution >= 0.6 is 12.2 Å². The van der Waals surface area contributed by atoms with E-state index < -0.39 is 0 Å². The molecule has 0 spiro atoms. The van der Waals surface area contributed by atoms with E-state index in [1.807, 2.05) is 12.1 Å². The normalized spacial score (nSPS) is 25.8. The fourth-order valence-electron chi connectivity index (χ4n) is 3.11. The van der Waals surface area contributed by atoms with E-state index in [1.54, 1.807) is 6.20 Å². The van der Waals surface area contributed by atoms with E-state index in [4.69, 9.17) is 22.7 Å². The molecule has 0 bridgehead atoms. The molecule has 1 aromatic heterocycles. The Morgan fingerprint density at radius 1 is 1.42 bits per heavy atom. The van der Waals surface area contributed by atoms with Gasteiger partial charge in [-0.15, -0.1) is 0 Å². The number of rotatable bonds is 3. The first kappa shape index (κ1) is 14.3. The van der Waals surface area contributed by atoms with Gasteiger partial charge in [-0.25, -0.2) is 4.98 Å². The van der Waals surface area contributed by atoms with Gasteiger partial charge in [0.2, 0.25) is 5.88 Å². The first-order chi connectivity index (χ1) is 8.85. The molecule has 2 rings (SSSR count). The summed E-state index contributed by atoms with van der Waals surface area (Å²) in [7, 11) is 0. The lowest BCUT2D eigenvalue weighted by Gasteiger charge is -2.38. The molecule has 3 nitrogen and oxygen atoms in total. The Hall–Kier alpha value is -1.16. The number of ether oxygens (including phenoxy) is 1. The van der Waals surface area contributed by atoms with Crippen LogP contribution in [0.3, 0.4) is 0 Å². The van der Waals surface area contributed by atoms with E-state index in [0.29, 0.717) is 22.2 Å². The van der Waals surface area contributed by atoms with E-state index in [1.165, 1.54) is 6.42 Å². The van der Waals surface area contributed by atoms with Gasteiger partial charge in [0, 0.05) is 17.8 Å². The summed E-state index contributed by atoms with van der Waals surface area (Å²) in [5.41, 5.74) is 6.68. The molecule has 2 atom stereocenters. The molecule has 1 aliphatic rings. The number of nitrogens with two attached hydrogens (primary N) is 1. The molecule has 2 N–H and O–H groups in total. The monoisotopic (exact) mass is 278 g/mol. The Bertz CT molecular complexity index is 456. The summed E-state index contributed by atoms with van der Waals surface area (Å²) in [6.45, 7) is 6.91. The maximum atomic E-state index is 6.00. The molecule has 0 amide bonds. The minimum absolute atomic E-state index is 0.252. The minimum atomic E-state index is 0.252. The summed E-state index contributed by atoms with van der Waals surface area (Å²) in [5, 5.41) is 0. The Morgan fingerprint density at radius 2 is 2.16 bits per heavy atom. The van der Waals surface area contributed by atoms with Gasteiger partial charge in [0.25, 0.3) is 0 Å². The van der Waals surface area contributed by atoms with Gasteiger partial charge in [-0.2, -0.15) is 0 Å². The summed E-state index contributed by atoms with van der Waals surface area (Å²) >= 11 is 4.91. The van der Waals surface area contributed by atoms with E-state index in [0.717, 1.165) is 18.4 Å². The molecular formula is C15H22N2OS. The second-order valence-corrected chi connectivity index (χ2v) is 6.84. The molecule has 1 saturated carbocycles. The van der Waals surface area contributed by atoms with Crippen molar-refractivity contribution in [3.8, 4) is 5.88 Å². The largest absolute Gasteiger partial charge is 0.474 e. The molecule has 1 aromatic rings. The standard InChI is InChI=1S/C15H22N2OS/c1-10-6-12(8-15(2,3)7-10)18-13-5-4-11(9-17-13)14(16)19/h4-5,9-10,12H,6-8H2,1-3H3,(H2,16,19). The van der Waals surface area contributed by atoms with Crippen molar-refractivity contribution < 1.29 is 4.74 Å². The number of hydrogen-bond donors (Lipinski definition) is 1. The zero-order chi connectivity index (χ0) is 14.0. The lowest BCUT2D eigenvalue weighted by molar-refractivity contribution is 0.0532. The smallest absolute Gasteiger partial charge is 0.213 e. The Labute approximate surface area is 120 Å². The topological polar surface area (TPSA) is 48.1 Å². The predicted octanol–water partition coefficient (Wildman–Crippen LogP) is 3.31. The average molecular weight is 278 g/mol. The third-order valence-electron chi connectivity index (χ3n) is 3.65. The van der Waals surface area contributed by atoms with Crippen molar-refractivity contribution in [1.82, 2.24) is 4.98 Å². The molecule has 0 aliphatic heterocycles. The SMILES string of the molecule is CC1CC(Oc2ccc(C(N)=S)cn2)CC(C)(C)C1. The highest BCUT2D eigenvalue weighted by atomic mass is 32.1. The zero-order valence-electron chi connectivity index (χ0n) is 11.8. The molecule has 0 radical (unpaired) electrons. The second-order valence-electron chi connectivity index (χ2n) is 6.40. The predicted molar refractivity (Wildman–Crippen MR) is 81.3 cm³/mol. The van der Waals surface area contributed by atoms with Crippen LogP contribution in [-0.2, 0) is 0 Å². The summed E-state index contributed by atoms with van der Waals surface area (Å²) in [6.07, 6.45) is 5.37. The number of pyridine rings is 1. The highest BCUT2D eigenvalue weighted by molar-refractivity contribution is 7.80. The van der Waals surface area contributed by atoms with Crippen LogP contribution in [0.1, 0.15) is 45.6 Å². The van der Waals surface area contributed by atoms with Crippen LogP contribution in [0, 0.1) is 11.3 Å². The van der Waals surface area contributed by atoms with E-state index >= 15 is 0 Å². The zero-order valence-corrected chi connectivity index (χ0v) is 12.7. The van der Waals surface area contributed by atoms with Gasteiger partial charge in [0.05, 0.1) is 0 Å². The molecule has 0 saturated heterocycles. The van der Waals surface area contributed by atoms with E-state index in [-0.39, 0.29) is 6.10 Å². The van der Waals surface area contributed by atoms with Crippen LogP contribution in [0.25, 0.3) is 0 Å². The van der Waals surface area contributed by atoms with Gasteiger partial charge in [-0.1, -0.05) is 33.0 Å². The van der Waals surface area contributed by atoms with Crippen LogP contribution in [-0.4, -0.2) is 16.1 Å². The summed E-state index contributed by atoms with van der Waals surface area (Å²) in [5.74, 6) is 1.36. The quantitative estimate of drug-likeness (QED) is 0.862. The lowest BCUT2D eigenvalue weighted by atomic mass is 9.71. The lowest BCUT2D eigenvalue weighted by Crippen LogP contribution is -2.34. The molecular weight excluding hydrogens is 256 g/mol. The van der Waals surface area contributed by atoms with Crippen LogP contribution in [0.15, 0.2) is 18.3 Å². The van der Waals surface area contributed by atoms with Crippen LogP contribution in [0.5, 0.6) is 5.88 Å². The van der Waals surface area contributed by atoms with Gasteiger partial charge >= 0.3 is 0 Å². The molecule has 1 aliphatic carbocycles. The van der Waals surface area contributed by atoms with Crippen molar-refractivity contribution in [1.29, 1.82) is 0 Å². The van der Waals surface area contributed by atoms with Crippen molar-refractivity contribution in [3.63, 3.8) is 0 Å². The van der Waals surface area contributed by atoms with Gasteiger partial charge in [-0.05, 0) is 36.7 Å². The van der Waals surface area contributed by atoms with Crippen LogP contribution in [0.2, 0.25) is 0 Å². The van der Waals surface area contributed by atoms with Gasteiger partial charge in [-0.3, -0.25) is 0 Å². The third-order valence-corrected chi connectivity index (χ3v) is 3.89. The highest BCUT2D eigenvalue weighted by Gasteiger charge is 2.33. The van der Waals surface area contributed by atoms with Crippen molar-refractivity contribution in [2.24, 2.45) is 17.1 Å². The number of nitrogens with zero attached hydrogens (tertiary/aromatic N) is 1. The fourth-order valence-corrected chi connectivity index (χ4v) is 3.24. The van der Waals surface area contributed by atoms with E-state index in [2.05, 4.69) is 25.8 Å². The number of aromatic nitrogens is 1.